The molecule has 104 valence electrons. The van der Waals surface area contributed by atoms with Crippen LogP contribution in [0.4, 0.5) is 0 Å². The number of rotatable bonds is 2. The quantitative estimate of drug-likeness (QED) is 0.809. The summed E-state index contributed by atoms with van der Waals surface area (Å²) in [5.41, 5.74) is 5.35. The molecule has 2 aliphatic rings. The van der Waals surface area contributed by atoms with Crippen molar-refractivity contribution in [2.45, 2.75) is 51.0 Å². The summed E-state index contributed by atoms with van der Waals surface area (Å²) < 4.78 is 2.24. The van der Waals surface area contributed by atoms with Gasteiger partial charge in [0.2, 0.25) is 0 Å². The van der Waals surface area contributed by atoms with Crippen LogP contribution in [0.25, 0.3) is 0 Å². The molecule has 0 aliphatic heterocycles. The van der Waals surface area contributed by atoms with Crippen molar-refractivity contribution in [2.24, 2.45) is 5.92 Å². The summed E-state index contributed by atoms with van der Waals surface area (Å²) in [7, 11) is 0. The van der Waals surface area contributed by atoms with E-state index in [4.69, 9.17) is 0 Å². The topological polar surface area (TPSA) is 17.8 Å². The van der Waals surface area contributed by atoms with Crippen LogP contribution in [0.15, 0.2) is 36.9 Å². The van der Waals surface area contributed by atoms with Gasteiger partial charge in [-0.25, -0.2) is 4.98 Å². The van der Waals surface area contributed by atoms with Crippen LogP contribution in [0.5, 0.6) is 0 Å². The van der Waals surface area contributed by atoms with Crippen LogP contribution in [0.2, 0.25) is 0 Å². The molecule has 1 aromatic heterocycles. The molecule has 2 aromatic rings. The third-order valence-electron chi connectivity index (χ3n) is 5.29. The molecule has 0 unspecified atom stereocenters. The molecule has 1 heterocycles. The van der Waals surface area contributed by atoms with Crippen molar-refractivity contribution in [1.82, 2.24) is 9.55 Å². The minimum absolute atomic E-state index is 0.410. The summed E-state index contributed by atoms with van der Waals surface area (Å²) in [6, 6.07) is 6.98. The first kappa shape index (κ1) is 12.2. The molecule has 4 rings (SSSR count). The summed E-state index contributed by atoms with van der Waals surface area (Å²) in [5, 5.41) is 0. The Labute approximate surface area is 120 Å². The van der Waals surface area contributed by atoms with E-state index < -0.39 is 0 Å². The van der Waals surface area contributed by atoms with Gasteiger partial charge in [0.15, 0.2) is 0 Å². The molecule has 0 radical (unpaired) electrons. The van der Waals surface area contributed by atoms with Crippen LogP contribution in [0.1, 0.15) is 42.9 Å². The van der Waals surface area contributed by atoms with E-state index in [9.17, 15) is 0 Å². The smallest absolute Gasteiger partial charge is 0.0945 e. The van der Waals surface area contributed by atoms with Gasteiger partial charge in [0.05, 0.1) is 6.33 Å². The molecule has 0 saturated heterocycles. The molecule has 0 spiro atoms. The van der Waals surface area contributed by atoms with Gasteiger partial charge in [0, 0.05) is 18.9 Å². The normalized spacial score (nSPS) is 28.1. The predicted octanol–water partition coefficient (Wildman–Crippen LogP) is 3.74. The Balaban J connectivity index is 1.70. The molecule has 2 atom stereocenters. The predicted molar refractivity (Wildman–Crippen MR) is 80.8 cm³/mol. The minimum Gasteiger partial charge on any atom is -0.337 e. The Morgan fingerprint density at radius 3 is 3.10 bits per heavy atom. The molecule has 2 heteroatoms. The van der Waals surface area contributed by atoms with Crippen LogP contribution in [-0.2, 0) is 24.8 Å². The SMILES string of the molecule is C[C@@]12CCCc3cccc(c31)C[C@H](Cn1ccnc1)C2. The number of imidazole rings is 1. The summed E-state index contributed by atoms with van der Waals surface area (Å²) >= 11 is 0. The Hall–Kier alpha value is -1.57. The molecule has 2 nitrogen and oxygen atoms in total. The van der Waals surface area contributed by atoms with Gasteiger partial charge < -0.3 is 4.57 Å². The standard InChI is InChI=1S/C18H22N2/c1-18-7-3-6-15-4-2-5-16(17(15)18)10-14(11-18)12-20-9-8-19-13-20/h2,4-5,8-9,13-14H,3,6-7,10-12H2,1H3/t14-,18-/m0/s1. The molecule has 0 bridgehead atoms. The maximum atomic E-state index is 4.18. The van der Waals surface area contributed by atoms with Crippen molar-refractivity contribution in [2.75, 3.05) is 0 Å². The minimum atomic E-state index is 0.410. The lowest BCUT2D eigenvalue weighted by Crippen LogP contribution is -2.37. The third-order valence-corrected chi connectivity index (χ3v) is 5.29. The fourth-order valence-electron chi connectivity index (χ4n) is 4.65. The molecule has 0 fully saturated rings. The van der Waals surface area contributed by atoms with Crippen molar-refractivity contribution in [3.8, 4) is 0 Å². The van der Waals surface area contributed by atoms with Gasteiger partial charge in [0.1, 0.15) is 0 Å². The van der Waals surface area contributed by atoms with Crippen LogP contribution in [0, 0.1) is 5.92 Å². The number of hydrogen-bond acceptors (Lipinski definition) is 1. The van der Waals surface area contributed by atoms with Gasteiger partial charge in [-0.2, -0.15) is 0 Å². The highest BCUT2D eigenvalue weighted by Crippen LogP contribution is 2.47. The van der Waals surface area contributed by atoms with Crippen molar-refractivity contribution in [3.05, 3.63) is 53.6 Å². The average molecular weight is 266 g/mol. The first-order chi connectivity index (χ1) is 9.74. The summed E-state index contributed by atoms with van der Waals surface area (Å²) in [5.74, 6) is 0.745. The van der Waals surface area contributed by atoms with Gasteiger partial charge >= 0.3 is 0 Å². The zero-order chi connectivity index (χ0) is 13.6. The summed E-state index contributed by atoms with van der Waals surface area (Å²) in [6.45, 7) is 3.60. The lowest BCUT2D eigenvalue weighted by Gasteiger charge is -2.44. The Bertz CT molecular complexity index is 614. The van der Waals surface area contributed by atoms with Crippen molar-refractivity contribution in [1.29, 1.82) is 0 Å². The van der Waals surface area contributed by atoms with Gasteiger partial charge in [-0.3, -0.25) is 0 Å². The Kier molecular flexibility index (Phi) is 2.73. The van der Waals surface area contributed by atoms with Crippen LogP contribution in [-0.4, -0.2) is 9.55 Å². The van der Waals surface area contributed by atoms with Crippen molar-refractivity contribution >= 4 is 0 Å². The lowest BCUT2D eigenvalue weighted by atomic mass is 9.61. The van der Waals surface area contributed by atoms with E-state index in [1.54, 1.807) is 16.7 Å². The molecule has 1 aromatic carbocycles. The molecular weight excluding hydrogens is 244 g/mol. The van der Waals surface area contributed by atoms with Crippen molar-refractivity contribution in [3.63, 3.8) is 0 Å². The zero-order valence-electron chi connectivity index (χ0n) is 12.2. The van der Waals surface area contributed by atoms with E-state index in [-0.39, 0.29) is 0 Å². The maximum absolute atomic E-state index is 4.18. The summed E-state index contributed by atoms with van der Waals surface area (Å²) in [6.07, 6.45) is 12.5. The summed E-state index contributed by atoms with van der Waals surface area (Å²) in [4.78, 5) is 4.18. The second-order valence-corrected chi connectivity index (χ2v) is 6.90. The number of benzene rings is 1. The second kappa shape index (κ2) is 4.47. The van der Waals surface area contributed by atoms with Gasteiger partial charge in [0.25, 0.3) is 0 Å². The number of aromatic nitrogens is 2. The Morgan fingerprint density at radius 2 is 2.25 bits per heavy atom. The van der Waals surface area contributed by atoms with Crippen LogP contribution in [0.3, 0.4) is 0 Å². The molecular formula is C18H22N2. The molecule has 2 aliphatic carbocycles. The fraction of sp³-hybridized carbons (Fsp3) is 0.500. The van der Waals surface area contributed by atoms with E-state index in [0.717, 1.165) is 12.5 Å². The monoisotopic (exact) mass is 266 g/mol. The highest BCUT2D eigenvalue weighted by atomic mass is 15.0. The maximum Gasteiger partial charge on any atom is 0.0945 e. The van der Waals surface area contributed by atoms with E-state index in [1.165, 1.54) is 32.1 Å². The Morgan fingerprint density at radius 1 is 1.35 bits per heavy atom. The van der Waals surface area contributed by atoms with Crippen LogP contribution < -0.4 is 0 Å². The van der Waals surface area contributed by atoms with Gasteiger partial charge in [-0.1, -0.05) is 25.1 Å². The first-order valence-electron chi connectivity index (χ1n) is 7.82. The number of hydrogen-bond donors (Lipinski definition) is 0. The second-order valence-electron chi connectivity index (χ2n) is 6.90. The molecule has 0 N–H and O–H groups in total. The lowest BCUT2D eigenvalue weighted by molar-refractivity contribution is 0.251. The van der Waals surface area contributed by atoms with Gasteiger partial charge in [-0.15, -0.1) is 0 Å². The molecule has 20 heavy (non-hydrogen) atoms. The molecule has 0 saturated carbocycles. The van der Waals surface area contributed by atoms with E-state index >= 15 is 0 Å². The van der Waals surface area contributed by atoms with Crippen LogP contribution >= 0.6 is 0 Å². The third kappa shape index (κ3) is 1.90. The molecule has 0 amide bonds. The highest BCUT2D eigenvalue weighted by molar-refractivity contribution is 5.44. The van der Waals surface area contributed by atoms with E-state index in [2.05, 4.69) is 40.9 Å². The fourth-order valence-corrected chi connectivity index (χ4v) is 4.65. The number of aryl methyl sites for hydroxylation is 1. The highest BCUT2D eigenvalue weighted by Gasteiger charge is 2.39. The van der Waals surface area contributed by atoms with E-state index in [0.29, 0.717) is 5.41 Å². The first-order valence-corrected chi connectivity index (χ1v) is 7.82. The van der Waals surface area contributed by atoms with E-state index in [1.807, 2.05) is 12.5 Å². The largest absolute Gasteiger partial charge is 0.337 e. The number of nitrogens with zero attached hydrogens (tertiary/aromatic N) is 2. The van der Waals surface area contributed by atoms with Crippen molar-refractivity contribution < 1.29 is 0 Å². The van der Waals surface area contributed by atoms with Gasteiger partial charge in [-0.05, 0) is 60.1 Å². The zero-order valence-corrected chi connectivity index (χ0v) is 12.2. The average Bonchev–Trinajstić information content (AvgIpc) is 2.91.